The lowest BCUT2D eigenvalue weighted by atomic mass is 10.3. The standard InChI is InChI=1S/C12H14Cl2N2OS2/c1-2-3-16(4-5-17)12-15-9(7-19-12)8-6-18-11(14)10(8)13/h6-7,17H,2-5H2,1H3. The van der Waals surface area contributed by atoms with E-state index in [0.29, 0.717) is 15.9 Å². The number of nitrogens with zero attached hydrogens (tertiary/aromatic N) is 2. The zero-order chi connectivity index (χ0) is 13.8. The molecule has 2 rings (SSSR count). The van der Waals surface area contributed by atoms with E-state index >= 15 is 0 Å². The van der Waals surface area contributed by atoms with Crippen LogP contribution in [0.2, 0.25) is 9.36 Å². The summed E-state index contributed by atoms with van der Waals surface area (Å²) in [6.07, 6.45) is 1.01. The van der Waals surface area contributed by atoms with Crippen molar-refractivity contribution in [2.75, 3.05) is 24.6 Å². The molecule has 0 aliphatic carbocycles. The normalized spacial score (nSPS) is 10.9. The maximum Gasteiger partial charge on any atom is 0.185 e. The topological polar surface area (TPSA) is 36.4 Å². The Hall–Kier alpha value is -0.330. The Kier molecular flexibility index (Phi) is 5.47. The van der Waals surface area contributed by atoms with Gasteiger partial charge in [0, 0.05) is 29.4 Å². The number of halogens is 2. The lowest BCUT2D eigenvalue weighted by Crippen LogP contribution is -2.27. The number of hydrogen-bond acceptors (Lipinski definition) is 5. The van der Waals surface area contributed by atoms with E-state index in [1.165, 1.54) is 11.3 Å². The molecular weight excluding hydrogens is 323 g/mol. The molecule has 0 saturated carbocycles. The van der Waals surface area contributed by atoms with Crippen molar-refractivity contribution in [1.29, 1.82) is 0 Å². The van der Waals surface area contributed by atoms with Crippen LogP contribution in [0.4, 0.5) is 5.13 Å². The highest BCUT2D eigenvalue weighted by Gasteiger charge is 2.15. The predicted octanol–water partition coefficient (Wildman–Crippen LogP) is 4.39. The lowest BCUT2D eigenvalue weighted by Gasteiger charge is -2.19. The van der Waals surface area contributed by atoms with Crippen molar-refractivity contribution in [3.8, 4) is 11.3 Å². The highest BCUT2D eigenvalue weighted by molar-refractivity contribution is 7.16. The molecule has 0 amide bonds. The Morgan fingerprint density at radius 1 is 1.26 bits per heavy atom. The van der Waals surface area contributed by atoms with E-state index < -0.39 is 0 Å². The molecule has 0 bridgehead atoms. The van der Waals surface area contributed by atoms with Crippen LogP contribution in [0.15, 0.2) is 10.8 Å². The highest BCUT2D eigenvalue weighted by atomic mass is 35.5. The van der Waals surface area contributed by atoms with Gasteiger partial charge in [0.1, 0.15) is 4.34 Å². The van der Waals surface area contributed by atoms with Crippen LogP contribution in [0, 0.1) is 0 Å². The second-order valence-electron chi connectivity index (χ2n) is 3.96. The zero-order valence-corrected chi connectivity index (χ0v) is 13.5. The fourth-order valence-electron chi connectivity index (χ4n) is 1.72. The van der Waals surface area contributed by atoms with Crippen molar-refractivity contribution in [2.24, 2.45) is 0 Å². The number of rotatable bonds is 6. The monoisotopic (exact) mass is 336 g/mol. The second-order valence-corrected chi connectivity index (χ2v) is 6.66. The van der Waals surface area contributed by atoms with Gasteiger partial charge in [0.15, 0.2) is 5.13 Å². The number of hydrogen-bond donors (Lipinski definition) is 1. The Morgan fingerprint density at radius 3 is 2.63 bits per heavy atom. The molecule has 0 fully saturated rings. The summed E-state index contributed by atoms with van der Waals surface area (Å²) in [5.74, 6) is 0. The number of aromatic nitrogens is 1. The first-order chi connectivity index (χ1) is 9.17. The molecule has 0 spiro atoms. The largest absolute Gasteiger partial charge is 0.395 e. The first kappa shape index (κ1) is 15.1. The van der Waals surface area contributed by atoms with Crippen molar-refractivity contribution < 1.29 is 5.11 Å². The maximum atomic E-state index is 9.09. The summed E-state index contributed by atoms with van der Waals surface area (Å²) in [7, 11) is 0. The van der Waals surface area contributed by atoms with Gasteiger partial charge in [-0.3, -0.25) is 0 Å². The zero-order valence-electron chi connectivity index (χ0n) is 10.4. The Balaban J connectivity index is 2.24. The van der Waals surface area contributed by atoms with E-state index in [9.17, 15) is 0 Å². The van der Waals surface area contributed by atoms with E-state index in [0.717, 1.165) is 29.4 Å². The van der Waals surface area contributed by atoms with Crippen LogP contribution in [-0.4, -0.2) is 29.8 Å². The molecular formula is C12H14Cl2N2OS2. The van der Waals surface area contributed by atoms with Crippen LogP contribution in [0.25, 0.3) is 11.3 Å². The van der Waals surface area contributed by atoms with E-state index in [4.69, 9.17) is 28.3 Å². The van der Waals surface area contributed by atoms with Crippen molar-refractivity contribution in [2.45, 2.75) is 13.3 Å². The van der Waals surface area contributed by atoms with Gasteiger partial charge in [-0.05, 0) is 6.42 Å². The van der Waals surface area contributed by atoms with Gasteiger partial charge in [0.25, 0.3) is 0 Å². The Bertz CT molecular complexity index is 536. The number of anilines is 1. The van der Waals surface area contributed by atoms with E-state index in [-0.39, 0.29) is 6.61 Å². The van der Waals surface area contributed by atoms with Crippen LogP contribution < -0.4 is 4.90 Å². The fraction of sp³-hybridized carbons (Fsp3) is 0.417. The third-order valence-electron chi connectivity index (χ3n) is 2.59. The molecule has 0 unspecified atom stereocenters. The smallest absolute Gasteiger partial charge is 0.185 e. The summed E-state index contributed by atoms with van der Waals surface area (Å²) in [6, 6.07) is 0. The first-order valence-electron chi connectivity index (χ1n) is 5.91. The molecule has 2 aromatic rings. The lowest BCUT2D eigenvalue weighted by molar-refractivity contribution is 0.302. The molecule has 2 aromatic heterocycles. The average molecular weight is 337 g/mol. The Morgan fingerprint density at radius 2 is 2.05 bits per heavy atom. The summed E-state index contributed by atoms with van der Waals surface area (Å²) in [5.41, 5.74) is 1.71. The molecule has 0 aliphatic rings. The molecule has 0 atom stereocenters. The van der Waals surface area contributed by atoms with Gasteiger partial charge in [-0.15, -0.1) is 22.7 Å². The number of thiazole rings is 1. The van der Waals surface area contributed by atoms with E-state index in [1.54, 1.807) is 11.3 Å². The number of thiophene rings is 1. The van der Waals surface area contributed by atoms with Crippen LogP contribution in [-0.2, 0) is 0 Å². The van der Waals surface area contributed by atoms with Crippen molar-refractivity contribution in [1.82, 2.24) is 4.98 Å². The Labute approximate surface area is 130 Å². The predicted molar refractivity (Wildman–Crippen MR) is 85.0 cm³/mol. The fourth-order valence-corrected chi connectivity index (χ4v) is 3.86. The van der Waals surface area contributed by atoms with Crippen LogP contribution in [0.3, 0.4) is 0 Å². The van der Waals surface area contributed by atoms with E-state index in [1.807, 2.05) is 10.8 Å². The molecule has 7 heteroatoms. The number of aliphatic hydroxyl groups is 1. The van der Waals surface area contributed by atoms with Crippen LogP contribution in [0.1, 0.15) is 13.3 Å². The summed E-state index contributed by atoms with van der Waals surface area (Å²) in [5, 5.41) is 14.5. The van der Waals surface area contributed by atoms with Crippen molar-refractivity contribution in [3.63, 3.8) is 0 Å². The molecule has 1 N–H and O–H groups in total. The van der Waals surface area contributed by atoms with Crippen molar-refractivity contribution in [3.05, 3.63) is 20.1 Å². The van der Waals surface area contributed by atoms with Gasteiger partial charge in [0.05, 0.1) is 17.3 Å². The minimum absolute atomic E-state index is 0.125. The van der Waals surface area contributed by atoms with Crippen molar-refractivity contribution >= 4 is 51.0 Å². The number of aliphatic hydroxyl groups excluding tert-OH is 1. The van der Waals surface area contributed by atoms with Gasteiger partial charge in [-0.25, -0.2) is 4.98 Å². The molecule has 0 aliphatic heterocycles. The summed E-state index contributed by atoms with van der Waals surface area (Å²) >= 11 is 15.1. The molecule has 2 heterocycles. The van der Waals surface area contributed by atoms with Gasteiger partial charge in [0.2, 0.25) is 0 Å². The quantitative estimate of drug-likeness (QED) is 0.849. The molecule has 19 heavy (non-hydrogen) atoms. The second kappa shape index (κ2) is 6.90. The maximum absolute atomic E-state index is 9.09. The first-order valence-corrected chi connectivity index (χ1v) is 8.43. The molecule has 0 aromatic carbocycles. The van der Waals surface area contributed by atoms with Gasteiger partial charge in [-0.2, -0.15) is 0 Å². The minimum atomic E-state index is 0.125. The van der Waals surface area contributed by atoms with Crippen LogP contribution >= 0.6 is 45.9 Å². The molecule has 0 radical (unpaired) electrons. The van der Waals surface area contributed by atoms with Gasteiger partial charge >= 0.3 is 0 Å². The molecule has 3 nitrogen and oxygen atoms in total. The van der Waals surface area contributed by atoms with Gasteiger partial charge in [-0.1, -0.05) is 30.1 Å². The summed E-state index contributed by atoms with van der Waals surface area (Å²) < 4.78 is 0.590. The van der Waals surface area contributed by atoms with Gasteiger partial charge < -0.3 is 10.0 Å². The SMILES string of the molecule is CCCN(CCO)c1nc(-c2csc(Cl)c2Cl)cs1. The van der Waals surface area contributed by atoms with E-state index in [2.05, 4.69) is 16.8 Å². The summed E-state index contributed by atoms with van der Waals surface area (Å²) in [6.45, 7) is 3.71. The highest BCUT2D eigenvalue weighted by Crippen LogP contribution is 2.40. The minimum Gasteiger partial charge on any atom is -0.395 e. The summed E-state index contributed by atoms with van der Waals surface area (Å²) in [4.78, 5) is 6.67. The molecule has 104 valence electrons. The molecule has 0 saturated heterocycles. The average Bonchev–Trinajstić information content (AvgIpc) is 2.98. The van der Waals surface area contributed by atoms with Crippen LogP contribution in [0.5, 0.6) is 0 Å². The third kappa shape index (κ3) is 3.41. The third-order valence-corrected chi connectivity index (χ3v) is 5.31.